The molecule has 1 fully saturated rings. The summed E-state index contributed by atoms with van der Waals surface area (Å²) in [5.41, 5.74) is 2.37. The van der Waals surface area contributed by atoms with Crippen molar-refractivity contribution in [3.63, 3.8) is 0 Å². The van der Waals surface area contributed by atoms with Crippen molar-refractivity contribution >= 4 is 21.6 Å². The molecule has 136 valence electrons. The van der Waals surface area contributed by atoms with E-state index in [1.165, 1.54) is 31.2 Å². The third-order valence-corrected chi connectivity index (χ3v) is 6.25. The van der Waals surface area contributed by atoms with Crippen molar-refractivity contribution in [3.8, 4) is 10.9 Å². The Hall–Kier alpha value is -1.91. The second kappa shape index (κ2) is 7.77. The molecule has 0 amide bonds. The quantitative estimate of drug-likeness (QED) is 0.497. The molecule has 1 aliphatic carbocycles. The second-order valence-corrected chi connectivity index (χ2v) is 8.18. The fourth-order valence-corrected chi connectivity index (χ4v) is 4.36. The Labute approximate surface area is 159 Å². The summed E-state index contributed by atoms with van der Waals surface area (Å²) in [4.78, 5) is 7.12. The lowest BCUT2D eigenvalue weighted by atomic mass is 10.0. The average Bonchev–Trinajstić information content (AvgIpc) is 3.43. The van der Waals surface area contributed by atoms with Crippen molar-refractivity contribution in [2.45, 2.75) is 51.1 Å². The van der Waals surface area contributed by atoms with E-state index in [9.17, 15) is 0 Å². The van der Waals surface area contributed by atoms with Crippen molar-refractivity contribution in [1.82, 2.24) is 9.88 Å². The first kappa shape index (κ1) is 17.5. The molecule has 1 aliphatic rings. The number of rotatable bonds is 8. The van der Waals surface area contributed by atoms with Crippen LogP contribution in [0, 0.1) is 0 Å². The van der Waals surface area contributed by atoms with Crippen molar-refractivity contribution in [1.29, 1.82) is 0 Å². The Morgan fingerprint density at radius 1 is 1.15 bits per heavy atom. The lowest BCUT2D eigenvalue weighted by Gasteiger charge is -2.27. The smallest absolute Gasteiger partial charge is 0.279 e. The number of aryl methyl sites for hydroxylation is 1. The van der Waals surface area contributed by atoms with E-state index in [1.807, 2.05) is 18.2 Å². The van der Waals surface area contributed by atoms with E-state index in [2.05, 4.69) is 54.2 Å². The molecule has 1 atom stereocenters. The summed E-state index contributed by atoms with van der Waals surface area (Å²) in [7, 11) is 2.29. The number of hydrogen-bond acceptors (Lipinski definition) is 4. The van der Waals surface area contributed by atoms with E-state index in [1.54, 1.807) is 11.3 Å². The Balaban J connectivity index is 1.35. The van der Waals surface area contributed by atoms with Crippen LogP contribution < -0.4 is 4.74 Å². The van der Waals surface area contributed by atoms with Crippen LogP contribution in [0.25, 0.3) is 10.2 Å². The van der Waals surface area contributed by atoms with Crippen LogP contribution in [0.4, 0.5) is 0 Å². The molecule has 4 rings (SSSR count). The van der Waals surface area contributed by atoms with Gasteiger partial charge < -0.3 is 9.64 Å². The van der Waals surface area contributed by atoms with Crippen molar-refractivity contribution < 1.29 is 4.74 Å². The molecule has 0 N–H and O–H groups in total. The number of aromatic nitrogens is 1. The third-order valence-electron chi connectivity index (χ3n) is 5.34. The molecule has 26 heavy (non-hydrogen) atoms. The summed E-state index contributed by atoms with van der Waals surface area (Å²) >= 11 is 1.59. The van der Waals surface area contributed by atoms with Crippen LogP contribution >= 0.6 is 11.3 Å². The van der Waals surface area contributed by atoms with Gasteiger partial charge in [0.05, 0.1) is 10.2 Å². The fourth-order valence-electron chi connectivity index (χ4n) is 3.53. The fraction of sp³-hybridized carbons (Fsp3) is 0.409. The minimum Gasteiger partial charge on any atom is -0.431 e. The Kier molecular flexibility index (Phi) is 5.23. The van der Waals surface area contributed by atoms with Crippen LogP contribution in [-0.4, -0.2) is 29.0 Å². The standard InChI is InChI=1S/C22H26N2OS/c1-3-17(24(2)18-12-13-18)11-8-16-9-14-19(15-10-16)25-22-23-20-6-4-5-7-21(20)26-22/h4-7,9-10,14-15,17-18H,3,8,11-13H2,1-2H3. The van der Waals surface area contributed by atoms with Gasteiger partial charge in [-0.1, -0.05) is 42.5 Å². The summed E-state index contributed by atoms with van der Waals surface area (Å²) in [6.07, 6.45) is 6.33. The van der Waals surface area contributed by atoms with Gasteiger partial charge in [0.1, 0.15) is 5.75 Å². The van der Waals surface area contributed by atoms with E-state index in [0.29, 0.717) is 11.2 Å². The first-order valence-corrected chi connectivity index (χ1v) is 10.4. The normalized spacial score (nSPS) is 15.5. The van der Waals surface area contributed by atoms with Crippen LogP contribution in [0.1, 0.15) is 38.2 Å². The molecular formula is C22H26N2OS. The monoisotopic (exact) mass is 366 g/mol. The molecule has 1 unspecified atom stereocenters. The summed E-state index contributed by atoms with van der Waals surface area (Å²) in [6, 6.07) is 18.2. The SMILES string of the molecule is CCC(CCc1ccc(Oc2nc3ccccc3s2)cc1)N(C)C1CC1. The van der Waals surface area contributed by atoms with Gasteiger partial charge in [-0.3, -0.25) is 0 Å². The van der Waals surface area contributed by atoms with Crippen LogP contribution in [0.5, 0.6) is 10.9 Å². The highest BCUT2D eigenvalue weighted by molar-refractivity contribution is 7.20. The van der Waals surface area contributed by atoms with E-state index in [-0.39, 0.29) is 0 Å². The molecule has 0 saturated heterocycles. The van der Waals surface area contributed by atoms with Gasteiger partial charge in [0.2, 0.25) is 0 Å². The predicted octanol–water partition coefficient (Wildman–Crippen LogP) is 5.89. The summed E-state index contributed by atoms with van der Waals surface area (Å²) < 4.78 is 7.10. The molecule has 1 heterocycles. The van der Waals surface area contributed by atoms with E-state index >= 15 is 0 Å². The van der Waals surface area contributed by atoms with Gasteiger partial charge in [-0.15, -0.1) is 0 Å². The maximum atomic E-state index is 5.94. The Morgan fingerprint density at radius 2 is 1.92 bits per heavy atom. The average molecular weight is 367 g/mol. The molecule has 2 aromatic carbocycles. The van der Waals surface area contributed by atoms with Crippen LogP contribution in [0.3, 0.4) is 0 Å². The molecular weight excluding hydrogens is 340 g/mol. The molecule has 3 aromatic rings. The number of ether oxygens (including phenoxy) is 1. The highest BCUT2D eigenvalue weighted by atomic mass is 32.1. The number of hydrogen-bond donors (Lipinski definition) is 0. The van der Waals surface area contributed by atoms with E-state index in [4.69, 9.17) is 4.74 Å². The largest absolute Gasteiger partial charge is 0.431 e. The molecule has 0 spiro atoms. The summed E-state index contributed by atoms with van der Waals surface area (Å²) in [5.74, 6) is 0.856. The molecule has 0 aliphatic heterocycles. The number of fused-ring (bicyclic) bond motifs is 1. The van der Waals surface area contributed by atoms with Gasteiger partial charge in [0, 0.05) is 12.1 Å². The predicted molar refractivity (Wildman–Crippen MR) is 109 cm³/mol. The molecule has 4 heteroatoms. The van der Waals surface area contributed by atoms with Gasteiger partial charge in [0.25, 0.3) is 5.19 Å². The second-order valence-electron chi connectivity index (χ2n) is 7.19. The number of thiazole rings is 1. The molecule has 3 nitrogen and oxygen atoms in total. The zero-order valence-corrected chi connectivity index (χ0v) is 16.3. The topological polar surface area (TPSA) is 25.4 Å². The van der Waals surface area contributed by atoms with E-state index in [0.717, 1.165) is 28.4 Å². The van der Waals surface area contributed by atoms with Crippen molar-refractivity contribution in [3.05, 3.63) is 54.1 Å². The van der Waals surface area contributed by atoms with Gasteiger partial charge in [-0.05, 0) is 69.0 Å². The first-order valence-electron chi connectivity index (χ1n) is 9.57. The van der Waals surface area contributed by atoms with E-state index < -0.39 is 0 Å². The number of nitrogens with zero attached hydrogens (tertiary/aromatic N) is 2. The van der Waals surface area contributed by atoms with Crippen LogP contribution in [0.15, 0.2) is 48.5 Å². The van der Waals surface area contributed by atoms with Crippen LogP contribution in [-0.2, 0) is 6.42 Å². The van der Waals surface area contributed by atoms with Gasteiger partial charge in [-0.2, -0.15) is 0 Å². The molecule has 1 saturated carbocycles. The van der Waals surface area contributed by atoms with Gasteiger partial charge in [0.15, 0.2) is 0 Å². The van der Waals surface area contributed by atoms with Crippen molar-refractivity contribution in [2.75, 3.05) is 7.05 Å². The maximum absolute atomic E-state index is 5.94. The molecule has 0 radical (unpaired) electrons. The highest BCUT2D eigenvalue weighted by Crippen LogP contribution is 2.32. The minimum absolute atomic E-state index is 0.696. The zero-order valence-electron chi connectivity index (χ0n) is 15.5. The van der Waals surface area contributed by atoms with Crippen LogP contribution in [0.2, 0.25) is 0 Å². The van der Waals surface area contributed by atoms with Crippen molar-refractivity contribution in [2.24, 2.45) is 0 Å². The molecule has 1 aromatic heterocycles. The third kappa shape index (κ3) is 4.08. The minimum atomic E-state index is 0.696. The highest BCUT2D eigenvalue weighted by Gasteiger charge is 2.29. The number of benzene rings is 2. The Morgan fingerprint density at radius 3 is 2.62 bits per heavy atom. The lowest BCUT2D eigenvalue weighted by molar-refractivity contribution is 0.215. The van der Waals surface area contributed by atoms with Gasteiger partial charge in [-0.25, -0.2) is 4.98 Å². The maximum Gasteiger partial charge on any atom is 0.279 e. The lowest BCUT2D eigenvalue weighted by Crippen LogP contribution is -2.33. The zero-order chi connectivity index (χ0) is 17.9. The number of para-hydroxylation sites is 1. The van der Waals surface area contributed by atoms with Gasteiger partial charge >= 0.3 is 0 Å². The Bertz CT molecular complexity index is 821. The summed E-state index contributed by atoms with van der Waals surface area (Å²) in [6.45, 7) is 2.30. The summed E-state index contributed by atoms with van der Waals surface area (Å²) in [5, 5.41) is 0.705. The molecule has 0 bridgehead atoms. The first-order chi connectivity index (χ1) is 12.7.